The van der Waals surface area contributed by atoms with Crippen LogP contribution in [-0.4, -0.2) is 23.3 Å². The standard InChI is InChI=1S/C19H20BrN3O2/c1-3-5-14-6-4-7-15(18(14)24)12-21-23-19(25)13(2)22-17-10-8-16(20)9-11-17/h3-4,6-13,22,24H,1,5H2,2H3,(H,23,25)/b21-12-/t13-/m1/s1. The minimum Gasteiger partial charge on any atom is -0.507 e. The summed E-state index contributed by atoms with van der Waals surface area (Å²) < 4.78 is 0.971. The van der Waals surface area contributed by atoms with Crippen molar-refractivity contribution >= 4 is 33.7 Å². The molecular weight excluding hydrogens is 382 g/mol. The van der Waals surface area contributed by atoms with E-state index >= 15 is 0 Å². The molecule has 0 bridgehead atoms. The number of anilines is 1. The lowest BCUT2D eigenvalue weighted by Gasteiger charge is -2.13. The Balaban J connectivity index is 1.94. The van der Waals surface area contributed by atoms with Gasteiger partial charge >= 0.3 is 0 Å². The number of amides is 1. The van der Waals surface area contributed by atoms with Crippen molar-refractivity contribution in [2.45, 2.75) is 19.4 Å². The van der Waals surface area contributed by atoms with E-state index in [0.29, 0.717) is 12.0 Å². The molecule has 0 aromatic heterocycles. The van der Waals surface area contributed by atoms with Gasteiger partial charge in [-0.25, -0.2) is 5.43 Å². The summed E-state index contributed by atoms with van der Waals surface area (Å²) in [6.45, 7) is 5.40. The zero-order valence-electron chi connectivity index (χ0n) is 13.9. The van der Waals surface area contributed by atoms with Crippen LogP contribution < -0.4 is 10.7 Å². The number of para-hydroxylation sites is 1. The first kappa shape index (κ1) is 18.7. The molecule has 2 rings (SSSR count). The molecule has 0 saturated heterocycles. The second-order valence-corrected chi connectivity index (χ2v) is 6.37. The van der Waals surface area contributed by atoms with Gasteiger partial charge in [-0.05, 0) is 49.2 Å². The van der Waals surface area contributed by atoms with E-state index in [4.69, 9.17) is 0 Å². The molecule has 0 saturated carbocycles. The number of hydrogen-bond acceptors (Lipinski definition) is 4. The summed E-state index contributed by atoms with van der Waals surface area (Å²) in [5, 5.41) is 17.2. The molecule has 3 N–H and O–H groups in total. The van der Waals surface area contributed by atoms with E-state index in [-0.39, 0.29) is 11.7 Å². The van der Waals surface area contributed by atoms with E-state index in [9.17, 15) is 9.90 Å². The third-order valence-electron chi connectivity index (χ3n) is 3.51. The number of carbonyl (C=O) groups is 1. The van der Waals surface area contributed by atoms with Crippen LogP contribution in [0.2, 0.25) is 0 Å². The molecule has 130 valence electrons. The van der Waals surface area contributed by atoms with Crippen molar-refractivity contribution in [3.8, 4) is 5.75 Å². The monoisotopic (exact) mass is 401 g/mol. The van der Waals surface area contributed by atoms with Crippen molar-refractivity contribution in [3.63, 3.8) is 0 Å². The number of aromatic hydroxyl groups is 1. The Labute approximate surface area is 155 Å². The largest absolute Gasteiger partial charge is 0.507 e. The predicted octanol–water partition coefficient (Wildman–Crippen LogP) is 3.83. The zero-order valence-corrected chi connectivity index (χ0v) is 15.5. The van der Waals surface area contributed by atoms with E-state index in [2.05, 4.69) is 38.4 Å². The van der Waals surface area contributed by atoms with Gasteiger partial charge in [0, 0.05) is 15.7 Å². The van der Waals surface area contributed by atoms with E-state index in [1.807, 2.05) is 36.4 Å². The number of hydrogen-bond donors (Lipinski definition) is 3. The van der Waals surface area contributed by atoms with Crippen LogP contribution in [-0.2, 0) is 11.2 Å². The second kappa shape index (κ2) is 9.03. The number of nitrogens with zero attached hydrogens (tertiary/aromatic N) is 1. The normalized spacial score (nSPS) is 11.9. The summed E-state index contributed by atoms with van der Waals surface area (Å²) in [7, 11) is 0. The first-order valence-electron chi connectivity index (χ1n) is 7.78. The number of phenols is 1. The summed E-state index contributed by atoms with van der Waals surface area (Å²) in [6.07, 6.45) is 3.70. The quantitative estimate of drug-likeness (QED) is 0.374. The SMILES string of the molecule is C=CCc1cccc(/C=N\NC(=O)[C@@H](C)Nc2ccc(Br)cc2)c1O. The molecule has 25 heavy (non-hydrogen) atoms. The first-order valence-corrected chi connectivity index (χ1v) is 8.57. The highest BCUT2D eigenvalue weighted by atomic mass is 79.9. The average Bonchev–Trinajstić information content (AvgIpc) is 2.60. The molecule has 1 atom stereocenters. The van der Waals surface area contributed by atoms with Gasteiger partial charge in [-0.1, -0.05) is 34.1 Å². The number of halogens is 1. The molecule has 0 unspecified atom stereocenters. The molecule has 6 heteroatoms. The van der Waals surface area contributed by atoms with Crippen LogP contribution in [0, 0.1) is 0 Å². The van der Waals surface area contributed by atoms with Gasteiger partial charge in [0.25, 0.3) is 5.91 Å². The topological polar surface area (TPSA) is 73.7 Å². The molecule has 0 aliphatic heterocycles. The van der Waals surface area contributed by atoms with Crippen molar-refractivity contribution in [1.29, 1.82) is 0 Å². The van der Waals surface area contributed by atoms with Crippen molar-refractivity contribution < 1.29 is 9.90 Å². The van der Waals surface area contributed by atoms with Gasteiger partial charge < -0.3 is 10.4 Å². The summed E-state index contributed by atoms with van der Waals surface area (Å²) >= 11 is 3.37. The van der Waals surface area contributed by atoms with Gasteiger partial charge in [-0.3, -0.25) is 4.79 Å². The third kappa shape index (κ3) is 5.46. The molecule has 0 aliphatic carbocycles. The Morgan fingerprint density at radius 1 is 1.32 bits per heavy atom. The molecule has 0 aliphatic rings. The fourth-order valence-electron chi connectivity index (χ4n) is 2.16. The minimum absolute atomic E-state index is 0.140. The van der Waals surface area contributed by atoms with Crippen LogP contribution in [0.15, 0.2) is 64.7 Å². The van der Waals surface area contributed by atoms with Crippen LogP contribution >= 0.6 is 15.9 Å². The number of carbonyl (C=O) groups excluding carboxylic acids is 1. The van der Waals surface area contributed by atoms with Gasteiger partial charge in [0.1, 0.15) is 11.8 Å². The summed E-state index contributed by atoms with van der Waals surface area (Å²) in [4.78, 5) is 12.1. The molecule has 0 radical (unpaired) electrons. The fraction of sp³-hybridized carbons (Fsp3) is 0.158. The lowest BCUT2D eigenvalue weighted by atomic mass is 10.1. The molecular formula is C19H20BrN3O2. The Bertz CT molecular complexity index is 773. The molecule has 2 aromatic rings. The van der Waals surface area contributed by atoms with E-state index in [0.717, 1.165) is 15.7 Å². The number of hydrazone groups is 1. The Hall–Kier alpha value is -2.60. The van der Waals surface area contributed by atoms with Gasteiger partial charge in [-0.2, -0.15) is 5.10 Å². The molecule has 1 amide bonds. The second-order valence-electron chi connectivity index (χ2n) is 5.45. The molecule has 5 nitrogen and oxygen atoms in total. The zero-order chi connectivity index (χ0) is 18.2. The van der Waals surface area contributed by atoms with Crippen molar-refractivity contribution in [3.05, 3.63) is 70.7 Å². The Kier molecular flexibility index (Phi) is 6.77. The maximum Gasteiger partial charge on any atom is 0.262 e. The lowest BCUT2D eigenvalue weighted by molar-refractivity contribution is -0.121. The lowest BCUT2D eigenvalue weighted by Crippen LogP contribution is -2.34. The van der Waals surface area contributed by atoms with Gasteiger partial charge in [0.2, 0.25) is 0 Å². The molecule has 0 spiro atoms. The van der Waals surface area contributed by atoms with Gasteiger partial charge in [-0.15, -0.1) is 6.58 Å². The summed E-state index contributed by atoms with van der Waals surface area (Å²) in [6, 6.07) is 12.4. The van der Waals surface area contributed by atoms with Crippen molar-refractivity contribution in [2.75, 3.05) is 5.32 Å². The van der Waals surface area contributed by atoms with E-state index in [1.165, 1.54) is 6.21 Å². The van der Waals surface area contributed by atoms with Crippen LogP contribution in [0.25, 0.3) is 0 Å². The summed E-state index contributed by atoms with van der Waals surface area (Å²) in [5.74, 6) is -0.137. The van der Waals surface area contributed by atoms with Crippen LogP contribution in [0.1, 0.15) is 18.1 Å². The molecule has 0 heterocycles. The maximum absolute atomic E-state index is 12.1. The number of benzene rings is 2. The Morgan fingerprint density at radius 3 is 2.72 bits per heavy atom. The highest BCUT2D eigenvalue weighted by molar-refractivity contribution is 9.10. The van der Waals surface area contributed by atoms with Gasteiger partial charge in [0.05, 0.1) is 6.21 Å². The van der Waals surface area contributed by atoms with E-state index in [1.54, 1.807) is 19.1 Å². The highest BCUT2D eigenvalue weighted by Crippen LogP contribution is 2.21. The molecule has 2 aromatic carbocycles. The van der Waals surface area contributed by atoms with Crippen LogP contribution in [0.4, 0.5) is 5.69 Å². The number of phenolic OH excluding ortho intramolecular Hbond substituents is 1. The van der Waals surface area contributed by atoms with Crippen LogP contribution in [0.5, 0.6) is 5.75 Å². The maximum atomic E-state index is 12.1. The number of allylic oxidation sites excluding steroid dienone is 1. The van der Waals surface area contributed by atoms with Crippen molar-refractivity contribution in [2.24, 2.45) is 5.10 Å². The van der Waals surface area contributed by atoms with Crippen LogP contribution in [0.3, 0.4) is 0 Å². The Morgan fingerprint density at radius 2 is 2.04 bits per heavy atom. The minimum atomic E-state index is -0.459. The first-order chi connectivity index (χ1) is 12.0. The van der Waals surface area contributed by atoms with E-state index < -0.39 is 6.04 Å². The fourth-order valence-corrected chi connectivity index (χ4v) is 2.42. The molecule has 0 fully saturated rings. The smallest absolute Gasteiger partial charge is 0.262 e. The van der Waals surface area contributed by atoms with Crippen molar-refractivity contribution in [1.82, 2.24) is 5.43 Å². The average molecular weight is 402 g/mol. The number of nitrogens with one attached hydrogen (secondary N) is 2. The van der Waals surface area contributed by atoms with Gasteiger partial charge in [0.15, 0.2) is 0 Å². The summed E-state index contributed by atoms with van der Waals surface area (Å²) in [5.41, 5.74) is 4.60. The predicted molar refractivity (Wildman–Crippen MR) is 105 cm³/mol. The third-order valence-corrected chi connectivity index (χ3v) is 4.04. The number of rotatable bonds is 7. The highest BCUT2D eigenvalue weighted by Gasteiger charge is 2.11.